The number of benzene rings is 3. The number of carbonyl (C=O) groups is 1. The van der Waals surface area contributed by atoms with Crippen LogP contribution in [0.5, 0.6) is 34.5 Å². The number of hydrogen-bond donors (Lipinski definition) is 0. The van der Waals surface area contributed by atoms with E-state index in [1.54, 1.807) is 36.4 Å². The molecule has 7 nitrogen and oxygen atoms in total. The van der Waals surface area contributed by atoms with Crippen LogP contribution in [0.2, 0.25) is 0 Å². The summed E-state index contributed by atoms with van der Waals surface area (Å²) < 4.78 is 48.4. The maximum absolute atomic E-state index is 14.9. The Hall–Kier alpha value is -4.20. The third kappa shape index (κ3) is 3.90. The van der Waals surface area contributed by atoms with Crippen LogP contribution in [0, 0.1) is 5.82 Å². The van der Waals surface area contributed by atoms with Crippen LogP contribution in [0.4, 0.5) is 4.39 Å². The van der Waals surface area contributed by atoms with Crippen molar-refractivity contribution in [2.45, 2.75) is 18.9 Å². The summed E-state index contributed by atoms with van der Waals surface area (Å²) in [5.74, 6) is 2.85. The van der Waals surface area contributed by atoms with Gasteiger partial charge < -0.3 is 28.4 Å². The van der Waals surface area contributed by atoms with Gasteiger partial charge in [0.05, 0.1) is 7.11 Å². The van der Waals surface area contributed by atoms with Crippen LogP contribution in [0.1, 0.15) is 29.2 Å². The summed E-state index contributed by atoms with van der Waals surface area (Å²) >= 11 is 0. The molecule has 2 aliphatic heterocycles. The zero-order valence-electron chi connectivity index (χ0n) is 18.8. The van der Waals surface area contributed by atoms with Crippen LogP contribution in [0.3, 0.4) is 0 Å². The second-order valence-corrected chi connectivity index (χ2v) is 8.34. The molecule has 0 spiro atoms. The number of rotatable bonds is 5. The first kappa shape index (κ1) is 21.3. The van der Waals surface area contributed by atoms with Gasteiger partial charge in [-0.05, 0) is 49.2 Å². The summed E-state index contributed by atoms with van der Waals surface area (Å²) in [6.45, 7) is 0.454. The third-order valence-electron chi connectivity index (χ3n) is 6.27. The molecule has 8 heteroatoms. The predicted octanol–water partition coefficient (Wildman–Crippen LogP) is 5.36. The largest absolute Gasteiger partial charge is 0.488 e. The standard InChI is InChI=1S/C27H21FO7/c1-30-26(29)10-15-13-31-24-11-16(2-4-18(15)24)35-23-8-5-19-21(9-6-20(28)27(19)23)34-17-3-7-22-25(12-17)33-14-32-22/h2-4,6-7,9-12,23H,5,8,13-14H2,1H3. The molecule has 0 radical (unpaired) electrons. The molecule has 0 fully saturated rings. The molecule has 3 aliphatic rings. The van der Waals surface area contributed by atoms with Gasteiger partial charge in [0.2, 0.25) is 6.79 Å². The number of carbonyl (C=O) groups excluding carboxylic acids is 1. The Morgan fingerprint density at radius 3 is 2.71 bits per heavy atom. The van der Waals surface area contributed by atoms with Gasteiger partial charge in [-0.1, -0.05) is 0 Å². The minimum Gasteiger partial charge on any atom is -0.488 e. The van der Waals surface area contributed by atoms with Crippen LogP contribution < -0.4 is 23.7 Å². The van der Waals surface area contributed by atoms with E-state index in [0.717, 1.165) is 16.7 Å². The minimum absolute atomic E-state index is 0.181. The zero-order valence-corrected chi connectivity index (χ0v) is 18.8. The molecule has 1 aliphatic carbocycles. The Morgan fingerprint density at radius 1 is 1.00 bits per heavy atom. The number of hydrogen-bond acceptors (Lipinski definition) is 7. The van der Waals surface area contributed by atoms with Gasteiger partial charge in [-0.15, -0.1) is 0 Å². The molecular formula is C27H21FO7. The molecular weight excluding hydrogens is 455 g/mol. The molecule has 178 valence electrons. The Bertz CT molecular complexity index is 1360. The van der Waals surface area contributed by atoms with Gasteiger partial charge in [0.15, 0.2) is 11.5 Å². The molecule has 0 saturated heterocycles. The van der Waals surface area contributed by atoms with Crippen molar-refractivity contribution in [3.05, 3.63) is 77.1 Å². The van der Waals surface area contributed by atoms with E-state index in [1.165, 1.54) is 19.3 Å². The molecule has 3 aromatic carbocycles. The Labute approximate surface area is 200 Å². The van der Waals surface area contributed by atoms with Crippen molar-refractivity contribution in [3.63, 3.8) is 0 Å². The van der Waals surface area contributed by atoms with E-state index < -0.39 is 12.1 Å². The first-order chi connectivity index (χ1) is 17.1. The van der Waals surface area contributed by atoms with Gasteiger partial charge in [0.25, 0.3) is 0 Å². The SMILES string of the molecule is COC(=O)C=C1COc2cc(OC3CCc4c(Oc5ccc6c(c5)OCO6)ccc(F)c43)ccc21. The molecule has 0 amide bonds. The summed E-state index contributed by atoms with van der Waals surface area (Å²) in [6.07, 6.45) is 2.18. The molecule has 0 aromatic heterocycles. The van der Waals surface area contributed by atoms with Crippen molar-refractivity contribution in [1.82, 2.24) is 0 Å². The quantitative estimate of drug-likeness (QED) is 0.363. The molecule has 35 heavy (non-hydrogen) atoms. The molecule has 3 aromatic rings. The first-order valence-corrected chi connectivity index (χ1v) is 11.2. The van der Waals surface area contributed by atoms with Crippen LogP contribution in [0.15, 0.2) is 54.6 Å². The fourth-order valence-corrected chi connectivity index (χ4v) is 4.60. The molecule has 1 atom stereocenters. The first-order valence-electron chi connectivity index (χ1n) is 11.2. The fraction of sp³-hybridized carbons (Fsp3) is 0.222. The van der Waals surface area contributed by atoms with Gasteiger partial charge >= 0.3 is 5.97 Å². The highest BCUT2D eigenvalue weighted by Crippen LogP contribution is 2.45. The lowest BCUT2D eigenvalue weighted by molar-refractivity contribution is -0.134. The van der Waals surface area contributed by atoms with Crippen molar-refractivity contribution in [3.8, 4) is 34.5 Å². The number of esters is 1. The number of fused-ring (bicyclic) bond motifs is 3. The van der Waals surface area contributed by atoms with Gasteiger partial charge in [-0.2, -0.15) is 0 Å². The summed E-state index contributed by atoms with van der Waals surface area (Å²) in [7, 11) is 1.33. The summed E-state index contributed by atoms with van der Waals surface area (Å²) in [4.78, 5) is 11.6. The molecule has 0 saturated carbocycles. The van der Waals surface area contributed by atoms with E-state index in [4.69, 9.17) is 28.4 Å². The summed E-state index contributed by atoms with van der Waals surface area (Å²) in [5, 5.41) is 0. The lowest BCUT2D eigenvalue weighted by atomic mass is 10.1. The van der Waals surface area contributed by atoms with Gasteiger partial charge in [-0.25, -0.2) is 9.18 Å². The van der Waals surface area contributed by atoms with E-state index >= 15 is 0 Å². The highest BCUT2D eigenvalue weighted by Gasteiger charge is 2.31. The zero-order chi connectivity index (χ0) is 23.9. The Morgan fingerprint density at radius 2 is 1.83 bits per heavy atom. The van der Waals surface area contributed by atoms with Crippen molar-refractivity contribution < 1.29 is 37.6 Å². The van der Waals surface area contributed by atoms with E-state index in [0.29, 0.717) is 52.9 Å². The van der Waals surface area contributed by atoms with Crippen molar-refractivity contribution in [2.75, 3.05) is 20.5 Å². The average molecular weight is 476 g/mol. The minimum atomic E-state index is -0.463. The second kappa shape index (κ2) is 8.54. The van der Waals surface area contributed by atoms with Gasteiger partial charge in [0.1, 0.15) is 41.5 Å². The molecule has 6 rings (SSSR count). The summed E-state index contributed by atoms with van der Waals surface area (Å²) in [6, 6.07) is 13.8. The second-order valence-electron chi connectivity index (χ2n) is 8.34. The van der Waals surface area contributed by atoms with Crippen LogP contribution in [0.25, 0.3) is 5.57 Å². The monoisotopic (exact) mass is 476 g/mol. The number of ether oxygens (including phenoxy) is 6. The lowest BCUT2D eigenvalue weighted by Gasteiger charge is -2.17. The van der Waals surface area contributed by atoms with Crippen molar-refractivity contribution >= 4 is 11.5 Å². The molecule has 0 bridgehead atoms. The van der Waals surface area contributed by atoms with Crippen LogP contribution in [-0.2, 0) is 16.0 Å². The maximum atomic E-state index is 14.9. The normalized spacial score (nSPS) is 18.1. The van der Waals surface area contributed by atoms with Crippen LogP contribution in [-0.4, -0.2) is 26.5 Å². The third-order valence-corrected chi connectivity index (χ3v) is 6.27. The van der Waals surface area contributed by atoms with E-state index in [-0.39, 0.29) is 19.2 Å². The highest BCUT2D eigenvalue weighted by molar-refractivity contribution is 5.93. The lowest BCUT2D eigenvalue weighted by Crippen LogP contribution is -2.06. The molecule has 1 unspecified atom stereocenters. The topological polar surface area (TPSA) is 72.5 Å². The molecule has 0 N–H and O–H groups in total. The summed E-state index contributed by atoms with van der Waals surface area (Å²) in [5.41, 5.74) is 2.82. The number of methoxy groups -OCH3 is 1. The van der Waals surface area contributed by atoms with E-state index in [9.17, 15) is 9.18 Å². The molecule has 2 heterocycles. The van der Waals surface area contributed by atoms with Crippen LogP contribution >= 0.6 is 0 Å². The van der Waals surface area contributed by atoms with Crippen molar-refractivity contribution in [1.29, 1.82) is 0 Å². The Kier molecular flexibility index (Phi) is 5.21. The Balaban J connectivity index is 1.23. The van der Waals surface area contributed by atoms with Crippen molar-refractivity contribution in [2.24, 2.45) is 0 Å². The predicted molar refractivity (Wildman–Crippen MR) is 123 cm³/mol. The fourth-order valence-electron chi connectivity index (χ4n) is 4.60. The number of halogens is 1. The van der Waals surface area contributed by atoms with E-state index in [2.05, 4.69) is 0 Å². The smallest absolute Gasteiger partial charge is 0.330 e. The maximum Gasteiger partial charge on any atom is 0.330 e. The van der Waals surface area contributed by atoms with E-state index in [1.807, 2.05) is 6.07 Å². The van der Waals surface area contributed by atoms with Gasteiger partial charge in [0, 0.05) is 40.5 Å². The average Bonchev–Trinajstić information content (AvgIpc) is 3.60. The van der Waals surface area contributed by atoms with Gasteiger partial charge in [-0.3, -0.25) is 0 Å². The highest BCUT2D eigenvalue weighted by atomic mass is 19.1.